The van der Waals surface area contributed by atoms with Crippen LogP contribution >= 0.6 is 0 Å². The van der Waals surface area contributed by atoms with E-state index in [2.05, 4.69) is 31.4 Å². The highest BCUT2D eigenvalue weighted by molar-refractivity contribution is 5.80. The molecule has 3 rings (SSSR count). The van der Waals surface area contributed by atoms with Gasteiger partial charge in [-0.2, -0.15) is 0 Å². The number of hydrogen-bond donors (Lipinski definition) is 2. The monoisotopic (exact) mass is 280 g/mol. The van der Waals surface area contributed by atoms with Crippen LogP contribution in [0.4, 0.5) is 0 Å². The maximum atomic E-state index is 12.6. The van der Waals surface area contributed by atoms with Gasteiger partial charge in [0.05, 0.1) is 19.1 Å². The maximum Gasteiger partial charge on any atom is 0.227 e. The number of rotatable bonds is 3. The van der Waals surface area contributed by atoms with Crippen molar-refractivity contribution in [2.75, 3.05) is 20.3 Å². The minimum absolute atomic E-state index is 0.0363. The summed E-state index contributed by atoms with van der Waals surface area (Å²) in [5.74, 6) is 0.903. The largest absolute Gasteiger partial charge is 0.379 e. The van der Waals surface area contributed by atoms with Crippen LogP contribution in [0.1, 0.15) is 40.0 Å². The molecule has 20 heavy (non-hydrogen) atoms. The Morgan fingerprint density at radius 3 is 2.55 bits per heavy atom. The van der Waals surface area contributed by atoms with E-state index in [-0.39, 0.29) is 23.3 Å². The van der Waals surface area contributed by atoms with Crippen molar-refractivity contribution in [3.8, 4) is 0 Å². The van der Waals surface area contributed by atoms with Crippen LogP contribution in [0.5, 0.6) is 0 Å². The van der Waals surface area contributed by atoms with Crippen molar-refractivity contribution in [3.63, 3.8) is 0 Å². The average Bonchev–Trinajstić information content (AvgIpc) is 3.01. The van der Waals surface area contributed by atoms with Crippen LogP contribution in [0.3, 0.4) is 0 Å². The number of ether oxygens (including phenoxy) is 1. The third-order valence-corrected chi connectivity index (χ3v) is 6.90. The molecule has 2 bridgehead atoms. The Balaban J connectivity index is 1.69. The Labute approximate surface area is 122 Å². The summed E-state index contributed by atoms with van der Waals surface area (Å²) in [5, 5.41) is 6.55. The molecule has 1 aliphatic heterocycles. The third-order valence-electron chi connectivity index (χ3n) is 6.90. The molecule has 2 aliphatic carbocycles. The molecule has 0 aromatic heterocycles. The molecule has 4 nitrogen and oxygen atoms in total. The molecule has 114 valence electrons. The summed E-state index contributed by atoms with van der Waals surface area (Å²) < 4.78 is 5.45. The van der Waals surface area contributed by atoms with Crippen LogP contribution in [-0.4, -0.2) is 38.3 Å². The number of nitrogens with one attached hydrogen (secondary N) is 2. The molecule has 1 saturated heterocycles. The van der Waals surface area contributed by atoms with Crippen molar-refractivity contribution >= 4 is 5.91 Å². The van der Waals surface area contributed by atoms with Gasteiger partial charge in [-0.25, -0.2) is 0 Å². The van der Waals surface area contributed by atoms with Crippen molar-refractivity contribution in [1.29, 1.82) is 0 Å². The van der Waals surface area contributed by atoms with Crippen molar-refractivity contribution in [3.05, 3.63) is 0 Å². The van der Waals surface area contributed by atoms with Gasteiger partial charge < -0.3 is 15.4 Å². The predicted molar refractivity (Wildman–Crippen MR) is 78.3 cm³/mol. The molecule has 2 saturated carbocycles. The number of likely N-dealkylation sites (N-methyl/N-ethyl adjacent to an activating group) is 1. The molecule has 0 spiro atoms. The second-order valence-corrected chi connectivity index (χ2v) is 7.71. The first kappa shape index (κ1) is 14.3. The smallest absolute Gasteiger partial charge is 0.227 e. The zero-order chi connectivity index (χ0) is 14.5. The quantitative estimate of drug-likeness (QED) is 0.825. The van der Waals surface area contributed by atoms with Gasteiger partial charge in [-0.15, -0.1) is 0 Å². The van der Waals surface area contributed by atoms with Crippen molar-refractivity contribution in [2.24, 2.45) is 22.7 Å². The Morgan fingerprint density at radius 1 is 1.25 bits per heavy atom. The molecule has 0 radical (unpaired) electrons. The van der Waals surface area contributed by atoms with Crippen LogP contribution in [0.15, 0.2) is 0 Å². The molecule has 5 unspecified atom stereocenters. The third kappa shape index (κ3) is 1.84. The summed E-state index contributed by atoms with van der Waals surface area (Å²) >= 11 is 0. The van der Waals surface area contributed by atoms with Gasteiger partial charge in [0, 0.05) is 12.1 Å². The molecule has 0 aromatic carbocycles. The Morgan fingerprint density at radius 2 is 2.00 bits per heavy atom. The van der Waals surface area contributed by atoms with E-state index in [4.69, 9.17) is 4.74 Å². The molecule has 1 amide bonds. The van der Waals surface area contributed by atoms with E-state index in [0.717, 1.165) is 12.3 Å². The van der Waals surface area contributed by atoms with Gasteiger partial charge in [0.1, 0.15) is 0 Å². The summed E-state index contributed by atoms with van der Waals surface area (Å²) in [4.78, 5) is 12.6. The van der Waals surface area contributed by atoms with E-state index in [1.54, 1.807) is 0 Å². The summed E-state index contributed by atoms with van der Waals surface area (Å²) in [6.07, 6.45) is 3.71. The van der Waals surface area contributed by atoms with Crippen LogP contribution in [0, 0.1) is 22.7 Å². The summed E-state index contributed by atoms with van der Waals surface area (Å²) in [7, 11) is 1.90. The lowest BCUT2D eigenvalue weighted by Crippen LogP contribution is -2.51. The lowest BCUT2D eigenvalue weighted by molar-refractivity contribution is -0.127. The van der Waals surface area contributed by atoms with Gasteiger partial charge in [0.15, 0.2) is 0 Å². The van der Waals surface area contributed by atoms with Crippen molar-refractivity contribution in [2.45, 2.75) is 52.1 Å². The van der Waals surface area contributed by atoms with E-state index in [1.807, 2.05) is 7.05 Å². The second-order valence-electron chi connectivity index (χ2n) is 7.71. The predicted octanol–water partition coefficient (Wildman–Crippen LogP) is 1.55. The SMILES string of the molecule is CNC1COCC1C(=O)NC1CC2CCC1(C)C2(C)C. The number of fused-ring (bicyclic) bond motifs is 2. The normalized spacial score (nSPS) is 45.8. The first-order valence-electron chi connectivity index (χ1n) is 7.95. The molecule has 3 fully saturated rings. The zero-order valence-electron chi connectivity index (χ0n) is 13.2. The number of hydrogen-bond acceptors (Lipinski definition) is 3. The number of carbonyl (C=O) groups is 1. The zero-order valence-corrected chi connectivity index (χ0v) is 13.2. The fraction of sp³-hybridized carbons (Fsp3) is 0.938. The number of amides is 1. The van der Waals surface area contributed by atoms with Gasteiger partial charge in [-0.1, -0.05) is 20.8 Å². The fourth-order valence-corrected chi connectivity index (χ4v) is 4.80. The Bertz CT molecular complexity index is 409. The molecule has 0 aromatic rings. The highest BCUT2D eigenvalue weighted by atomic mass is 16.5. The highest BCUT2D eigenvalue weighted by Crippen LogP contribution is 2.65. The highest BCUT2D eigenvalue weighted by Gasteiger charge is 2.61. The first-order valence-corrected chi connectivity index (χ1v) is 7.95. The number of carbonyl (C=O) groups excluding carboxylic acids is 1. The first-order chi connectivity index (χ1) is 9.40. The van der Waals surface area contributed by atoms with Crippen molar-refractivity contribution in [1.82, 2.24) is 10.6 Å². The molecule has 4 heteroatoms. The van der Waals surface area contributed by atoms with Crippen molar-refractivity contribution < 1.29 is 9.53 Å². The molecule has 3 aliphatic rings. The molecular weight excluding hydrogens is 252 g/mol. The van der Waals surface area contributed by atoms with Crippen LogP contribution in [0.2, 0.25) is 0 Å². The average molecular weight is 280 g/mol. The van der Waals surface area contributed by atoms with E-state index < -0.39 is 0 Å². The molecule has 5 atom stereocenters. The van der Waals surface area contributed by atoms with E-state index in [1.165, 1.54) is 12.8 Å². The van der Waals surface area contributed by atoms with Gasteiger partial charge in [-0.3, -0.25) is 4.79 Å². The summed E-state index contributed by atoms with van der Waals surface area (Å²) in [6.45, 7) is 8.32. The van der Waals surface area contributed by atoms with Gasteiger partial charge in [0.25, 0.3) is 0 Å². The van der Waals surface area contributed by atoms with E-state index in [0.29, 0.717) is 24.7 Å². The summed E-state index contributed by atoms with van der Waals surface area (Å²) in [5.41, 5.74) is 0.599. The van der Waals surface area contributed by atoms with Crippen LogP contribution in [0.25, 0.3) is 0 Å². The minimum Gasteiger partial charge on any atom is -0.379 e. The van der Waals surface area contributed by atoms with Gasteiger partial charge in [-0.05, 0) is 43.1 Å². The minimum atomic E-state index is -0.0363. The lowest BCUT2D eigenvalue weighted by atomic mass is 9.69. The van der Waals surface area contributed by atoms with Crippen LogP contribution < -0.4 is 10.6 Å². The Hall–Kier alpha value is -0.610. The van der Waals surface area contributed by atoms with Gasteiger partial charge in [0.2, 0.25) is 5.91 Å². The van der Waals surface area contributed by atoms with Crippen LogP contribution in [-0.2, 0) is 9.53 Å². The lowest BCUT2D eigenvalue weighted by Gasteiger charge is -2.40. The fourth-order valence-electron chi connectivity index (χ4n) is 4.80. The standard InChI is InChI=1S/C16H28N2O2/c1-15(2)10-5-6-16(15,3)13(7-10)18-14(19)11-8-20-9-12(11)17-4/h10-13,17H,5-9H2,1-4H3,(H,18,19). The molecular formula is C16H28N2O2. The maximum absolute atomic E-state index is 12.6. The van der Waals surface area contributed by atoms with E-state index >= 15 is 0 Å². The van der Waals surface area contributed by atoms with E-state index in [9.17, 15) is 4.79 Å². The second kappa shape index (κ2) is 4.70. The molecule has 1 heterocycles. The summed E-state index contributed by atoms with van der Waals surface area (Å²) in [6, 6.07) is 0.497. The molecule has 2 N–H and O–H groups in total. The Kier molecular flexibility index (Phi) is 3.37. The topological polar surface area (TPSA) is 50.4 Å². The van der Waals surface area contributed by atoms with Gasteiger partial charge >= 0.3 is 0 Å².